The van der Waals surface area contributed by atoms with Crippen LogP contribution < -0.4 is 10.9 Å². The van der Waals surface area contributed by atoms with Crippen LogP contribution in [0.5, 0.6) is 0 Å². The predicted octanol–water partition coefficient (Wildman–Crippen LogP) is 5.31. The topological polar surface area (TPSA) is 120 Å². The fraction of sp³-hybridized carbons (Fsp3) is 0.321. The van der Waals surface area contributed by atoms with E-state index >= 15 is 0 Å². The molecule has 1 aliphatic carbocycles. The molecule has 1 saturated carbocycles. The van der Waals surface area contributed by atoms with Gasteiger partial charge in [0, 0.05) is 30.3 Å². The van der Waals surface area contributed by atoms with Gasteiger partial charge in [0.2, 0.25) is 5.91 Å². The van der Waals surface area contributed by atoms with Gasteiger partial charge in [0.15, 0.2) is 5.16 Å². The number of carbonyl (C=O) groups is 1. The third-order valence-corrected chi connectivity index (χ3v) is 8.06. The average molecular weight is 533 g/mol. The van der Waals surface area contributed by atoms with E-state index in [2.05, 4.69) is 5.32 Å². The summed E-state index contributed by atoms with van der Waals surface area (Å²) in [4.78, 5) is 41.5. The third kappa shape index (κ3) is 5.96. The van der Waals surface area contributed by atoms with Gasteiger partial charge in [0.05, 0.1) is 28.6 Å². The van der Waals surface area contributed by atoms with Crippen molar-refractivity contribution in [2.75, 3.05) is 0 Å². The molecule has 1 N–H and O–H groups in total. The molecule has 9 nitrogen and oxygen atoms in total. The molecule has 10 heteroatoms. The molecule has 0 bridgehead atoms. The summed E-state index contributed by atoms with van der Waals surface area (Å²) in [6.45, 7) is 0.930. The Bertz CT molecular complexity index is 1480. The summed E-state index contributed by atoms with van der Waals surface area (Å²) in [5.41, 5.74) is 1.54. The number of non-ortho nitro benzene ring substituents is 1. The lowest BCUT2D eigenvalue weighted by Crippen LogP contribution is -2.34. The van der Waals surface area contributed by atoms with Gasteiger partial charge >= 0.3 is 0 Å². The summed E-state index contributed by atoms with van der Waals surface area (Å²) < 4.78 is 7.05. The summed E-state index contributed by atoms with van der Waals surface area (Å²) in [7, 11) is 0. The highest BCUT2D eigenvalue weighted by molar-refractivity contribution is 7.98. The second-order valence-corrected chi connectivity index (χ2v) is 10.5. The summed E-state index contributed by atoms with van der Waals surface area (Å²) >= 11 is 1.45. The van der Waals surface area contributed by atoms with Crippen LogP contribution in [0.1, 0.15) is 37.0 Å². The minimum Gasteiger partial charge on any atom is -0.467 e. The van der Waals surface area contributed by atoms with Crippen LogP contribution in [-0.2, 0) is 23.6 Å². The smallest absolute Gasteiger partial charge is 0.269 e. The van der Waals surface area contributed by atoms with Gasteiger partial charge in [0.25, 0.3) is 11.2 Å². The van der Waals surface area contributed by atoms with E-state index in [0.717, 1.165) is 37.0 Å². The van der Waals surface area contributed by atoms with Crippen molar-refractivity contribution in [3.05, 3.63) is 98.7 Å². The number of hydrogen-bond donors (Lipinski definition) is 1. The number of amides is 1. The standard InChI is InChI=1S/C28H28N4O5S/c33-26(29-16-23-4-3-15-37-23)21-11-7-19(8-12-21)17-31-27(34)24-5-1-2-6-25(24)30-28(31)38-18-20-9-13-22(14-10-20)32(35)36/h1-6,9-10,13-15,19,21H,7-8,11-12,16-18H2,(H,29,33). The maximum atomic E-state index is 13.5. The second-order valence-electron chi connectivity index (χ2n) is 9.55. The number of nitro benzene ring substituents is 1. The number of benzene rings is 2. The number of nitrogens with zero attached hydrogens (tertiary/aromatic N) is 3. The fourth-order valence-electron chi connectivity index (χ4n) is 4.88. The van der Waals surface area contributed by atoms with Gasteiger partial charge in [-0.25, -0.2) is 4.98 Å². The highest BCUT2D eigenvalue weighted by Gasteiger charge is 2.27. The van der Waals surface area contributed by atoms with Gasteiger partial charge in [-0.15, -0.1) is 0 Å². The first-order valence-corrected chi connectivity index (χ1v) is 13.6. The lowest BCUT2D eigenvalue weighted by Gasteiger charge is -2.28. The van der Waals surface area contributed by atoms with Crippen LogP contribution in [-0.4, -0.2) is 20.4 Å². The Morgan fingerprint density at radius 3 is 2.55 bits per heavy atom. The lowest BCUT2D eigenvalue weighted by atomic mass is 9.81. The van der Waals surface area contributed by atoms with Crippen LogP contribution >= 0.6 is 11.8 Å². The maximum Gasteiger partial charge on any atom is 0.269 e. The van der Waals surface area contributed by atoms with Crippen LogP contribution in [0, 0.1) is 22.0 Å². The van der Waals surface area contributed by atoms with Crippen molar-refractivity contribution in [1.82, 2.24) is 14.9 Å². The summed E-state index contributed by atoms with van der Waals surface area (Å²) in [6, 6.07) is 17.4. The van der Waals surface area contributed by atoms with Crippen LogP contribution in [0.25, 0.3) is 10.9 Å². The largest absolute Gasteiger partial charge is 0.467 e. The Balaban J connectivity index is 1.27. The van der Waals surface area contributed by atoms with Crippen LogP contribution in [0.15, 0.2) is 81.3 Å². The molecule has 2 aromatic carbocycles. The highest BCUT2D eigenvalue weighted by Crippen LogP contribution is 2.31. The number of rotatable bonds is 9. The molecule has 0 unspecified atom stereocenters. The Morgan fingerprint density at radius 2 is 1.84 bits per heavy atom. The number of aromatic nitrogens is 2. The van der Waals surface area contributed by atoms with E-state index in [0.29, 0.717) is 34.9 Å². The lowest BCUT2D eigenvalue weighted by molar-refractivity contribution is -0.384. The molecule has 1 amide bonds. The normalized spacial score (nSPS) is 17.4. The molecule has 196 valence electrons. The van der Waals surface area contributed by atoms with Crippen molar-refractivity contribution in [1.29, 1.82) is 0 Å². The van der Waals surface area contributed by atoms with Crippen LogP contribution in [0.3, 0.4) is 0 Å². The van der Waals surface area contributed by atoms with Gasteiger partial charge in [-0.05, 0) is 61.4 Å². The zero-order valence-electron chi connectivity index (χ0n) is 20.7. The number of nitro groups is 1. The van der Waals surface area contributed by atoms with Crippen molar-refractivity contribution in [2.24, 2.45) is 11.8 Å². The second kappa shape index (κ2) is 11.6. The van der Waals surface area contributed by atoms with E-state index in [9.17, 15) is 19.7 Å². The molecule has 0 radical (unpaired) electrons. The van der Waals surface area contributed by atoms with Crippen molar-refractivity contribution in [3.8, 4) is 0 Å². The van der Waals surface area contributed by atoms with E-state index < -0.39 is 4.92 Å². The van der Waals surface area contributed by atoms with E-state index in [1.807, 2.05) is 24.3 Å². The van der Waals surface area contributed by atoms with E-state index in [4.69, 9.17) is 9.40 Å². The number of nitrogens with one attached hydrogen (secondary N) is 1. The first-order chi connectivity index (χ1) is 18.5. The summed E-state index contributed by atoms with van der Waals surface area (Å²) in [5, 5.41) is 15.1. The molecule has 2 aromatic heterocycles. The number of hydrogen-bond acceptors (Lipinski definition) is 7. The molecule has 1 fully saturated rings. The van der Waals surface area contributed by atoms with Gasteiger partial charge in [-0.1, -0.05) is 36.0 Å². The Kier molecular flexibility index (Phi) is 7.88. The molecule has 0 spiro atoms. The van der Waals surface area contributed by atoms with E-state index in [1.54, 1.807) is 35.1 Å². The average Bonchev–Trinajstić information content (AvgIpc) is 3.47. The number of thioether (sulfide) groups is 1. The molecule has 2 heterocycles. The SMILES string of the molecule is O=C(NCc1ccco1)C1CCC(Cn2c(SCc3ccc([N+](=O)[O-])cc3)nc3ccccc3c2=O)CC1. The highest BCUT2D eigenvalue weighted by atomic mass is 32.2. The zero-order valence-corrected chi connectivity index (χ0v) is 21.6. The van der Waals surface area contributed by atoms with Crippen molar-refractivity contribution in [3.63, 3.8) is 0 Å². The molecule has 0 saturated heterocycles. The molecular formula is C28H28N4O5S. The fourth-order valence-corrected chi connectivity index (χ4v) is 5.84. The van der Waals surface area contributed by atoms with Crippen LogP contribution in [0.2, 0.25) is 0 Å². The minimum atomic E-state index is -0.420. The molecule has 4 aromatic rings. The Labute approximate surface area is 223 Å². The van der Waals surface area contributed by atoms with Gasteiger partial charge in [-0.3, -0.25) is 24.3 Å². The number of para-hydroxylation sites is 1. The third-order valence-electron chi connectivity index (χ3n) is 7.02. The number of fused-ring (bicyclic) bond motifs is 1. The van der Waals surface area contributed by atoms with Gasteiger partial charge < -0.3 is 9.73 Å². The predicted molar refractivity (Wildman–Crippen MR) is 145 cm³/mol. The van der Waals surface area contributed by atoms with E-state index in [-0.39, 0.29) is 29.0 Å². The first kappa shape index (κ1) is 25.7. The molecule has 1 aliphatic rings. The quantitative estimate of drug-likeness (QED) is 0.134. The minimum absolute atomic E-state index is 0.0383. The van der Waals surface area contributed by atoms with E-state index in [1.165, 1.54) is 23.9 Å². The maximum absolute atomic E-state index is 13.5. The van der Waals surface area contributed by atoms with Crippen molar-refractivity contribution < 1.29 is 14.1 Å². The van der Waals surface area contributed by atoms with Gasteiger partial charge in [-0.2, -0.15) is 0 Å². The molecular weight excluding hydrogens is 504 g/mol. The van der Waals surface area contributed by atoms with Crippen molar-refractivity contribution >= 4 is 34.3 Å². The summed E-state index contributed by atoms with van der Waals surface area (Å²) in [6.07, 6.45) is 4.84. The molecule has 5 rings (SSSR count). The van der Waals surface area contributed by atoms with Crippen LogP contribution in [0.4, 0.5) is 5.69 Å². The van der Waals surface area contributed by atoms with Gasteiger partial charge in [0.1, 0.15) is 5.76 Å². The van der Waals surface area contributed by atoms with Crippen molar-refractivity contribution in [2.45, 2.75) is 49.7 Å². The monoisotopic (exact) mass is 532 g/mol. The molecule has 38 heavy (non-hydrogen) atoms. The zero-order chi connectivity index (χ0) is 26.5. The first-order valence-electron chi connectivity index (χ1n) is 12.6. The molecule has 0 atom stereocenters. The number of carbonyl (C=O) groups excluding carboxylic acids is 1. The Morgan fingerprint density at radius 1 is 1.08 bits per heavy atom. The number of furan rings is 1. The summed E-state index contributed by atoms with van der Waals surface area (Å²) in [5.74, 6) is 1.54. The Hall–Kier alpha value is -3.92. The molecule has 0 aliphatic heterocycles.